The van der Waals surface area contributed by atoms with E-state index in [0.29, 0.717) is 23.8 Å². The van der Waals surface area contributed by atoms with Gasteiger partial charge in [-0.15, -0.1) is 0 Å². The Bertz CT molecular complexity index is 1010. The summed E-state index contributed by atoms with van der Waals surface area (Å²) < 4.78 is 32.2. The number of anilines is 2. The number of carbonyl (C=O) groups excluding carboxylic acids is 2. The van der Waals surface area contributed by atoms with Crippen molar-refractivity contribution in [3.63, 3.8) is 0 Å². The third-order valence-corrected chi connectivity index (χ3v) is 5.86. The van der Waals surface area contributed by atoms with Crippen molar-refractivity contribution >= 4 is 44.9 Å². The molecule has 1 fully saturated rings. The number of esters is 1. The molecule has 1 aliphatic heterocycles. The Balaban J connectivity index is 1.78. The first-order valence-corrected chi connectivity index (χ1v) is 10.2. The van der Waals surface area contributed by atoms with Gasteiger partial charge in [-0.25, -0.2) is 13.2 Å². The summed E-state index contributed by atoms with van der Waals surface area (Å²) in [7, 11) is -2.62. The van der Waals surface area contributed by atoms with Crippen LogP contribution in [0.1, 0.15) is 10.4 Å². The number of piperazine rings is 1. The van der Waals surface area contributed by atoms with Crippen molar-refractivity contribution in [1.82, 2.24) is 5.32 Å². The third-order valence-electron chi connectivity index (χ3n) is 4.16. The van der Waals surface area contributed by atoms with Crippen LogP contribution in [0.25, 0.3) is 0 Å². The quantitative estimate of drug-likeness (QED) is 0.711. The molecule has 2 aromatic carbocycles. The molecule has 2 N–H and O–H groups in total. The minimum absolute atomic E-state index is 0.00643. The van der Waals surface area contributed by atoms with Crippen LogP contribution in [0.4, 0.5) is 11.4 Å². The number of rotatable bonds is 5. The molecule has 1 amide bonds. The van der Waals surface area contributed by atoms with Gasteiger partial charge in [-0.3, -0.25) is 9.52 Å². The van der Waals surface area contributed by atoms with Gasteiger partial charge in [0.25, 0.3) is 10.0 Å². The molecule has 0 spiro atoms. The number of halogens is 1. The topological polar surface area (TPSA) is 105 Å². The average Bonchev–Trinajstić information content (AvgIpc) is 2.67. The van der Waals surface area contributed by atoms with Crippen molar-refractivity contribution in [3.05, 3.63) is 53.1 Å². The molecule has 2 aromatic rings. The summed E-state index contributed by atoms with van der Waals surface area (Å²) >= 11 is 6.30. The van der Waals surface area contributed by atoms with Gasteiger partial charge in [0.05, 0.1) is 40.5 Å². The summed E-state index contributed by atoms with van der Waals surface area (Å²) in [4.78, 5) is 24.8. The normalized spacial score (nSPS) is 14.4. The Morgan fingerprint density at radius 1 is 1.21 bits per heavy atom. The lowest BCUT2D eigenvalue weighted by atomic mass is 10.2. The highest BCUT2D eigenvalue weighted by Gasteiger charge is 2.20. The number of benzene rings is 2. The SMILES string of the molecule is COC(=O)c1ccc(S(=O)(=O)Nc2ccc(N3CCNC(=O)C3)c(Cl)c2)cc1. The number of amides is 1. The molecule has 0 aromatic heterocycles. The third kappa shape index (κ3) is 4.37. The average molecular weight is 424 g/mol. The summed E-state index contributed by atoms with van der Waals surface area (Å²) in [5.74, 6) is -0.645. The molecule has 1 heterocycles. The van der Waals surface area contributed by atoms with Gasteiger partial charge in [0, 0.05) is 13.1 Å². The number of carbonyl (C=O) groups is 2. The van der Waals surface area contributed by atoms with Crippen LogP contribution in [0, 0.1) is 0 Å². The molecule has 1 aliphatic rings. The second-order valence-corrected chi connectivity index (χ2v) is 8.15. The van der Waals surface area contributed by atoms with Crippen molar-refractivity contribution in [2.75, 3.05) is 36.4 Å². The molecule has 0 saturated carbocycles. The number of hydrogen-bond donors (Lipinski definition) is 2. The van der Waals surface area contributed by atoms with Crippen LogP contribution >= 0.6 is 11.6 Å². The molecule has 0 radical (unpaired) electrons. The van der Waals surface area contributed by atoms with Gasteiger partial charge in [0.1, 0.15) is 0 Å². The van der Waals surface area contributed by atoms with Crippen molar-refractivity contribution in [2.45, 2.75) is 4.90 Å². The van der Waals surface area contributed by atoms with Crippen molar-refractivity contribution in [1.29, 1.82) is 0 Å². The molecular weight excluding hydrogens is 406 g/mol. The van der Waals surface area contributed by atoms with Gasteiger partial charge < -0.3 is 15.0 Å². The van der Waals surface area contributed by atoms with Gasteiger partial charge in [-0.2, -0.15) is 0 Å². The molecule has 0 aliphatic carbocycles. The minimum atomic E-state index is -3.86. The number of hydrogen-bond acceptors (Lipinski definition) is 6. The maximum Gasteiger partial charge on any atom is 0.337 e. The van der Waals surface area contributed by atoms with Gasteiger partial charge in [-0.1, -0.05) is 11.6 Å². The zero-order chi connectivity index (χ0) is 20.3. The summed E-state index contributed by atoms with van der Waals surface area (Å²) in [6.45, 7) is 1.32. The Morgan fingerprint density at radius 2 is 1.93 bits per heavy atom. The maximum atomic E-state index is 12.6. The highest BCUT2D eigenvalue weighted by atomic mass is 35.5. The van der Waals surface area contributed by atoms with Gasteiger partial charge in [-0.05, 0) is 42.5 Å². The second kappa shape index (κ2) is 8.07. The van der Waals surface area contributed by atoms with Crippen molar-refractivity contribution in [2.24, 2.45) is 0 Å². The Kier molecular flexibility index (Phi) is 5.76. The van der Waals surface area contributed by atoms with E-state index in [1.807, 2.05) is 4.90 Å². The van der Waals surface area contributed by atoms with Crippen molar-refractivity contribution < 1.29 is 22.7 Å². The van der Waals surface area contributed by atoms with E-state index in [-0.39, 0.29) is 28.6 Å². The zero-order valence-electron chi connectivity index (χ0n) is 14.9. The first-order chi connectivity index (χ1) is 13.3. The fourth-order valence-corrected chi connectivity index (χ4v) is 4.12. The van der Waals surface area contributed by atoms with Crippen LogP contribution in [0.2, 0.25) is 5.02 Å². The second-order valence-electron chi connectivity index (χ2n) is 6.06. The van der Waals surface area contributed by atoms with E-state index >= 15 is 0 Å². The van der Waals surface area contributed by atoms with E-state index in [0.717, 1.165) is 0 Å². The van der Waals surface area contributed by atoms with Crippen LogP contribution in [0.3, 0.4) is 0 Å². The van der Waals surface area contributed by atoms with E-state index in [2.05, 4.69) is 14.8 Å². The highest BCUT2D eigenvalue weighted by Crippen LogP contribution is 2.30. The largest absolute Gasteiger partial charge is 0.465 e. The number of nitrogens with one attached hydrogen (secondary N) is 2. The van der Waals surface area contributed by atoms with Gasteiger partial charge >= 0.3 is 5.97 Å². The predicted octanol–water partition coefficient (Wildman–Crippen LogP) is 1.86. The maximum absolute atomic E-state index is 12.6. The fourth-order valence-electron chi connectivity index (χ4n) is 2.77. The fraction of sp³-hybridized carbons (Fsp3) is 0.222. The van der Waals surface area contributed by atoms with E-state index in [1.165, 1.54) is 37.4 Å². The number of nitrogens with zero attached hydrogens (tertiary/aromatic N) is 1. The molecule has 148 valence electrons. The number of methoxy groups -OCH3 is 1. The van der Waals surface area contributed by atoms with E-state index in [4.69, 9.17) is 11.6 Å². The lowest BCUT2D eigenvalue weighted by Crippen LogP contribution is -2.47. The van der Waals surface area contributed by atoms with Crippen LogP contribution in [-0.4, -0.2) is 47.0 Å². The number of sulfonamides is 1. The monoisotopic (exact) mass is 423 g/mol. The standard InChI is InChI=1S/C18H18ClN3O5S/c1-27-18(24)12-2-5-14(6-3-12)28(25,26)21-13-4-7-16(15(19)10-13)22-9-8-20-17(23)11-22/h2-7,10,21H,8-9,11H2,1H3,(H,20,23). The lowest BCUT2D eigenvalue weighted by Gasteiger charge is -2.29. The Morgan fingerprint density at radius 3 is 2.54 bits per heavy atom. The Labute approximate surface area is 167 Å². The van der Waals surface area contributed by atoms with E-state index < -0.39 is 16.0 Å². The molecule has 0 atom stereocenters. The summed E-state index contributed by atoms with van der Waals surface area (Å²) in [6, 6.07) is 10.1. The van der Waals surface area contributed by atoms with Crippen LogP contribution in [-0.2, 0) is 19.6 Å². The van der Waals surface area contributed by atoms with Crippen LogP contribution in [0.5, 0.6) is 0 Å². The van der Waals surface area contributed by atoms with Gasteiger partial charge in [0.2, 0.25) is 5.91 Å². The molecular formula is C18H18ClN3O5S. The molecule has 8 nitrogen and oxygen atoms in total. The first kappa shape index (κ1) is 20.0. The minimum Gasteiger partial charge on any atom is -0.465 e. The summed E-state index contributed by atoms with van der Waals surface area (Å²) in [6.07, 6.45) is 0. The van der Waals surface area contributed by atoms with E-state index in [9.17, 15) is 18.0 Å². The highest BCUT2D eigenvalue weighted by molar-refractivity contribution is 7.92. The smallest absolute Gasteiger partial charge is 0.337 e. The molecule has 0 bridgehead atoms. The van der Waals surface area contributed by atoms with Crippen molar-refractivity contribution in [3.8, 4) is 0 Å². The van der Waals surface area contributed by atoms with Gasteiger partial charge in [0.15, 0.2) is 0 Å². The zero-order valence-corrected chi connectivity index (χ0v) is 16.5. The summed E-state index contributed by atoms with van der Waals surface area (Å²) in [5, 5.41) is 3.06. The Hall–Kier alpha value is -2.78. The lowest BCUT2D eigenvalue weighted by molar-refractivity contribution is -0.120. The molecule has 3 rings (SSSR count). The molecule has 28 heavy (non-hydrogen) atoms. The van der Waals surface area contributed by atoms with Crippen LogP contribution < -0.4 is 14.9 Å². The molecule has 0 unspecified atom stereocenters. The molecule has 1 saturated heterocycles. The summed E-state index contributed by atoms with van der Waals surface area (Å²) in [5.41, 5.74) is 1.19. The van der Waals surface area contributed by atoms with E-state index in [1.54, 1.807) is 12.1 Å². The first-order valence-electron chi connectivity index (χ1n) is 8.32. The number of ether oxygens (including phenoxy) is 1. The molecule has 10 heteroatoms. The predicted molar refractivity (Wildman–Crippen MR) is 105 cm³/mol. The van der Waals surface area contributed by atoms with Crippen LogP contribution in [0.15, 0.2) is 47.4 Å².